The van der Waals surface area contributed by atoms with Gasteiger partial charge in [-0.1, -0.05) is 12.2 Å². The number of rotatable bonds is 7. The van der Waals surface area contributed by atoms with E-state index in [0.29, 0.717) is 19.1 Å². The summed E-state index contributed by atoms with van der Waals surface area (Å²) in [5.41, 5.74) is 5.38. The van der Waals surface area contributed by atoms with E-state index in [-0.39, 0.29) is 11.8 Å². The standard InChI is InChI=1S/C10H18N2O2/c1-8(14)10(12-2)6-4-3-5-9(11)7-13/h3-4,7,9-10,12H,5-6,11H2,1-2H3/b4-3+/t9-,10-/m1/s1. The zero-order chi connectivity index (χ0) is 11.0. The molecule has 0 aliphatic carbocycles. The van der Waals surface area contributed by atoms with Crippen LogP contribution in [0, 0.1) is 0 Å². The normalized spacial score (nSPS) is 15.4. The third-order valence-corrected chi connectivity index (χ3v) is 1.96. The fraction of sp³-hybridized carbons (Fsp3) is 0.600. The molecule has 0 fully saturated rings. The number of aldehydes is 1. The maximum Gasteiger partial charge on any atom is 0.146 e. The number of nitrogens with two attached hydrogens (primary N) is 1. The molecule has 0 aromatic heterocycles. The Bertz CT molecular complexity index is 214. The first-order chi connectivity index (χ1) is 6.61. The molecule has 0 unspecified atom stereocenters. The van der Waals surface area contributed by atoms with Crippen LogP contribution in [-0.2, 0) is 9.59 Å². The predicted octanol–water partition coefficient (Wildman–Crippen LogP) is 0.0260. The van der Waals surface area contributed by atoms with Crippen LogP contribution in [0.15, 0.2) is 12.2 Å². The van der Waals surface area contributed by atoms with Gasteiger partial charge in [-0.15, -0.1) is 0 Å². The van der Waals surface area contributed by atoms with Gasteiger partial charge in [-0.2, -0.15) is 0 Å². The second-order valence-corrected chi connectivity index (χ2v) is 3.19. The van der Waals surface area contributed by atoms with E-state index in [9.17, 15) is 9.59 Å². The molecule has 0 radical (unpaired) electrons. The molecular formula is C10H18N2O2. The van der Waals surface area contributed by atoms with Crippen molar-refractivity contribution in [2.75, 3.05) is 7.05 Å². The summed E-state index contributed by atoms with van der Waals surface area (Å²) in [4.78, 5) is 21.2. The van der Waals surface area contributed by atoms with Gasteiger partial charge in [0.05, 0.1) is 12.1 Å². The molecule has 0 aromatic rings. The number of hydrogen-bond acceptors (Lipinski definition) is 4. The molecule has 4 heteroatoms. The van der Waals surface area contributed by atoms with Crippen LogP contribution in [0.1, 0.15) is 19.8 Å². The van der Waals surface area contributed by atoms with E-state index in [0.717, 1.165) is 0 Å². The van der Waals surface area contributed by atoms with Gasteiger partial charge in [-0.3, -0.25) is 4.79 Å². The average molecular weight is 198 g/mol. The van der Waals surface area contributed by atoms with Crippen LogP contribution in [0.3, 0.4) is 0 Å². The van der Waals surface area contributed by atoms with Crippen LogP contribution >= 0.6 is 0 Å². The number of carbonyl (C=O) groups excluding carboxylic acids is 2. The van der Waals surface area contributed by atoms with Crippen molar-refractivity contribution >= 4 is 12.1 Å². The summed E-state index contributed by atoms with van der Waals surface area (Å²) in [5.74, 6) is 0.108. The number of ketones is 1. The van der Waals surface area contributed by atoms with Crippen LogP contribution < -0.4 is 11.1 Å². The van der Waals surface area contributed by atoms with Crippen LogP contribution in [0.4, 0.5) is 0 Å². The van der Waals surface area contributed by atoms with E-state index in [1.54, 1.807) is 14.0 Å². The molecule has 0 spiro atoms. The van der Waals surface area contributed by atoms with Gasteiger partial charge >= 0.3 is 0 Å². The largest absolute Gasteiger partial charge is 0.321 e. The highest BCUT2D eigenvalue weighted by molar-refractivity contribution is 5.81. The molecule has 14 heavy (non-hydrogen) atoms. The Labute approximate surface area is 84.5 Å². The molecule has 0 aliphatic heterocycles. The molecule has 0 aromatic carbocycles. The number of likely N-dealkylation sites (N-methyl/N-ethyl adjacent to an activating group) is 1. The van der Waals surface area contributed by atoms with Crippen LogP contribution in [0.2, 0.25) is 0 Å². The quantitative estimate of drug-likeness (QED) is 0.447. The van der Waals surface area contributed by atoms with Crippen molar-refractivity contribution in [3.63, 3.8) is 0 Å². The van der Waals surface area contributed by atoms with Gasteiger partial charge in [0.15, 0.2) is 0 Å². The minimum Gasteiger partial charge on any atom is -0.321 e. The summed E-state index contributed by atoms with van der Waals surface area (Å²) in [6.07, 6.45) is 5.57. The summed E-state index contributed by atoms with van der Waals surface area (Å²) in [7, 11) is 1.75. The maximum atomic E-state index is 11.0. The highest BCUT2D eigenvalue weighted by Gasteiger charge is 2.08. The van der Waals surface area contributed by atoms with Crippen LogP contribution in [-0.4, -0.2) is 31.2 Å². The summed E-state index contributed by atoms with van der Waals surface area (Å²) >= 11 is 0. The molecule has 0 rings (SSSR count). The first kappa shape index (κ1) is 13.0. The van der Waals surface area contributed by atoms with Gasteiger partial charge in [0.2, 0.25) is 0 Å². The van der Waals surface area contributed by atoms with Crippen molar-refractivity contribution < 1.29 is 9.59 Å². The van der Waals surface area contributed by atoms with E-state index in [2.05, 4.69) is 5.32 Å². The molecule has 4 nitrogen and oxygen atoms in total. The van der Waals surface area contributed by atoms with Crippen molar-refractivity contribution in [1.82, 2.24) is 5.32 Å². The molecule has 2 atom stereocenters. The predicted molar refractivity (Wildman–Crippen MR) is 55.9 cm³/mol. The molecule has 3 N–H and O–H groups in total. The van der Waals surface area contributed by atoms with Gasteiger partial charge in [0.1, 0.15) is 12.1 Å². The number of hydrogen-bond donors (Lipinski definition) is 2. The Morgan fingerprint density at radius 1 is 1.43 bits per heavy atom. The monoisotopic (exact) mass is 198 g/mol. The average Bonchev–Trinajstić information content (AvgIpc) is 2.16. The summed E-state index contributed by atoms with van der Waals surface area (Å²) in [5, 5.41) is 2.90. The molecule has 0 saturated carbocycles. The lowest BCUT2D eigenvalue weighted by molar-refractivity contribution is -0.118. The van der Waals surface area contributed by atoms with Gasteiger partial charge < -0.3 is 15.8 Å². The lowest BCUT2D eigenvalue weighted by Gasteiger charge is -2.08. The number of Topliss-reactive ketones (excluding diaryl/α,β-unsaturated/α-hetero) is 1. The minimum atomic E-state index is -0.434. The third kappa shape index (κ3) is 5.61. The summed E-state index contributed by atoms with van der Waals surface area (Å²) in [6.45, 7) is 1.55. The van der Waals surface area contributed by atoms with Crippen molar-refractivity contribution in [3.05, 3.63) is 12.2 Å². The zero-order valence-corrected chi connectivity index (χ0v) is 8.69. The second-order valence-electron chi connectivity index (χ2n) is 3.19. The Kier molecular flexibility index (Phi) is 6.88. The van der Waals surface area contributed by atoms with Gasteiger partial charge in [0, 0.05) is 0 Å². The van der Waals surface area contributed by atoms with Crippen molar-refractivity contribution in [1.29, 1.82) is 0 Å². The van der Waals surface area contributed by atoms with Gasteiger partial charge in [-0.25, -0.2) is 0 Å². The summed E-state index contributed by atoms with van der Waals surface area (Å²) in [6, 6.07) is -0.574. The number of nitrogens with one attached hydrogen (secondary N) is 1. The lowest BCUT2D eigenvalue weighted by atomic mass is 10.1. The lowest BCUT2D eigenvalue weighted by Crippen LogP contribution is -2.31. The summed E-state index contributed by atoms with van der Waals surface area (Å²) < 4.78 is 0. The van der Waals surface area contributed by atoms with E-state index >= 15 is 0 Å². The minimum absolute atomic E-state index is 0.108. The van der Waals surface area contributed by atoms with Crippen molar-refractivity contribution in [2.45, 2.75) is 31.8 Å². The fourth-order valence-corrected chi connectivity index (χ4v) is 1.03. The first-order valence-electron chi connectivity index (χ1n) is 4.65. The Hall–Kier alpha value is -1.00. The van der Waals surface area contributed by atoms with Crippen molar-refractivity contribution in [2.24, 2.45) is 5.73 Å². The highest BCUT2D eigenvalue weighted by atomic mass is 16.1. The Balaban J connectivity index is 3.79. The molecule has 0 amide bonds. The molecule has 80 valence electrons. The molecule has 0 bridgehead atoms. The smallest absolute Gasteiger partial charge is 0.146 e. The zero-order valence-electron chi connectivity index (χ0n) is 8.69. The Morgan fingerprint density at radius 3 is 2.43 bits per heavy atom. The fourth-order valence-electron chi connectivity index (χ4n) is 1.03. The molecule has 0 saturated heterocycles. The SMILES string of the molecule is CN[C@H](C/C=C/C[C@@H](N)C=O)C(C)=O. The third-order valence-electron chi connectivity index (χ3n) is 1.96. The van der Waals surface area contributed by atoms with Crippen LogP contribution in [0.25, 0.3) is 0 Å². The molecule has 0 aliphatic rings. The van der Waals surface area contributed by atoms with E-state index in [4.69, 9.17) is 5.73 Å². The first-order valence-corrected chi connectivity index (χ1v) is 4.65. The van der Waals surface area contributed by atoms with Crippen LogP contribution in [0.5, 0.6) is 0 Å². The van der Waals surface area contributed by atoms with E-state index < -0.39 is 6.04 Å². The van der Waals surface area contributed by atoms with Gasteiger partial charge in [-0.05, 0) is 26.8 Å². The highest BCUT2D eigenvalue weighted by Crippen LogP contribution is 1.96. The Morgan fingerprint density at radius 2 is 2.00 bits per heavy atom. The van der Waals surface area contributed by atoms with Gasteiger partial charge in [0.25, 0.3) is 0 Å². The maximum absolute atomic E-state index is 11.0. The number of carbonyl (C=O) groups is 2. The molecular weight excluding hydrogens is 180 g/mol. The van der Waals surface area contributed by atoms with E-state index in [1.165, 1.54) is 0 Å². The second kappa shape index (κ2) is 7.41. The van der Waals surface area contributed by atoms with Crippen molar-refractivity contribution in [3.8, 4) is 0 Å². The molecule has 0 heterocycles. The van der Waals surface area contributed by atoms with E-state index in [1.807, 2.05) is 12.2 Å². The topological polar surface area (TPSA) is 72.2 Å².